The summed E-state index contributed by atoms with van der Waals surface area (Å²) in [6.45, 7) is 0.456. The predicted octanol–water partition coefficient (Wildman–Crippen LogP) is 1.86. The minimum atomic E-state index is 0.456. The molecule has 0 atom stereocenters. The molecule has 90 valence electrons. The maximum Gasteiger partial charge on any atom is 0.174 e. The van der Waals surface area contributed by atoms with Crippen LogP contribution in [0, 0.1) is 0 Å². The molecule has 0 aliphatic heterocycles. The first-order chi connectivity index (χ1) is 7.78. The number of benzene rings is 1. The van der Waals surface area contributed by atoms with Gasteiger partial charge in [0.2, 0.25) is 0 Å². The first-order valence-electron chi connectivity index (χ1n) is 4.88. The summed E-state index contributed by atoms with van der Waals surface area (Å²) in [7, 11) is 3.27. The molecule has 0 aromatic heterocycles. The topological polar surface area (TPSA) is 53.7 Å². The summed E-state index contributed by atoms with van der Waals surface area (Å²) in [6.07, 6.45) is 2.70. The Labute approximate surface area is 100 Å². The van der Waals surface area contributed by atoms with Gasteiger partial charge in [-0.25, -0.2) is 5.90 Å². The molecule has 0 aliphatic rings. The van der Waals surface area contributed by atoms with Crippen LogP contribution in [0.15, 0.2) is 17.0 Å². The molecule has 5 heteroatoms. The highest BCUT2D eigenvalue weighted by atomic mass is 32.2. The summed E-state index contributed by atoms with van der Waals surface area (Å²) in [5.41, 5.74) is 1.03. The van der Waals surface area contributed by atoms with Gasteiger partial charge in [-0.2, -0.15) is 0 Å². The van der Waals surface area contributed by atoms with Crippen molar-refractivity contribution in [3.8, 4) is 11.5 Å². The van der Waals surface area contributed by atoms with Crippen LogP contribution in [0.25, 0.3) is 0 Å². The fraction of sp³-hybridized carbons (Fsp3) is 0.455. The second-order valence-electron chi connectivity index (χ2n) is 3.11. The normalized spacial score (nSPS) is 10.2. The van der Waals surface area contributed by atoms with Gasteiger partial charge >= 0.3 is 0 Å². The van der Waals surface area contributed by atoms with Crippen LogP contribution in [0.3, 0.4) is 0 Å². The van der Waals surface area contributed by atoms with E-state index in [0.717, 1.165) is 22.0 Å². The highest BCUT2D eigenvalue weighted by Crippen LogP contribution is 2.39. The Morgan fingerprint density at radius 3 is 2.38 bits per heavy atom. The van der Waals surface area contributed by atoms with Crippen LogP contribution in [-0.2, 0) is 11.3 Å². The van der Waals surface area contributed by atoms with Crippen molar-refractivity contribution >= 4 is 11.8 Å². The summed E-state index contributed by atoms with van der Waals surface area (Å²) in [4.78, 5) is 5.63. The summed E-state index contributed by atoms with van der Waals surface area (Å²) < 4.78 is 10.7. The van der Waals surface area contributed by atoms with Crippen molar-refractivity contribution in [3.05, 3.63) is 17.7 Å². The SMILES string of the molecule is COc1c(CCON)ccc(SC)c1OC. The standard InChI is InChI=1S/C11H17NO3S/c1-13-10-8(6-7-15-12)4-5-9(16-3)11(10)14-2/h4-5H,6-7,12H2,1-3H3. The van der Waals surface area contributed by atoms with Crippen molar-refractivity contribution in [2.45, 2.75) is 11.3 Å². The van der Waals surface area contributed by atoms with Gasteiger partial charge < -0.3 is 14.3 Å². The van der Waals surface area contributed by atoms with Gasteiger partial charge in [-0.15, -0.1) is 11.8 Å². The molecule has 1 rings (SSSR count). The number of rotatable bonds is 6. The van der Waals surface area contributed by atoms with Gasteiger partial charge in [-0.05, 0) is 12.3 Å². The van der Waals surface area contributed by atoms with E-state index in [0.29, 0.717) is 13.0 Å². The van der Waals surface area contributed by atoms with Crippen LogP contribution in [-0.4, -0.2) is 27.1 Å². The number of ether oxygens (including phenoxy) is 2. The lowest BCUT2D eigenvalue weighted by molar-refractivity contribution is 0.140. The van der Waals surface area contributed by atoms with Crippen LogP contribution in [0.4, 0.5) is 0 Å². The first-order valence-corrected chi connectivity index (χ1v) is 6.10. The highest BCUT2D eigenvalue weighted by molar-refractivity contribution is 7.98. The van der Waals surface area contributed by atoms with Gasteiger partial charge in [-0.1, -0.05) is 6.07 Å². The van der Waals surface area contributed by atoms with Gasteiger partial charge in [0.15, 0.2) is 11.5 Å². The zero-order valence-electron chi connectivity index (χ0n) is 9.78. The van der Waals surface area contributed by atoms with E-state index in [1.165, 1.54) is 0 Å². The van der Waals surface area contributed by atoms with Crippen molar-refractivity contribution in [2.24, 2.45) is 5.90 Å². The van der Waals surface area contributed by atoms with Crippen molar-refractivity contribution in [3.63, 3.8) is 0 Å². The summed E-state index contributed by atoms with van der Waals surface area (Å²) >= 11 is 1.62. The third-order valence-corrected chi connectivity index (χ3v) is 3.04. The Kier molecular flexibility index (Phi) is 5.45. The van der Waals surface area contributed by atoms with Crippen molar-refractivity contribution < 1.29 is 14.3 Å². The molecule has 0 bridgehead atoms. The summed E-state index contributed by atoms with van der Waals surface area (Å²) in [6, 6.07) is 4.02. The molecular formula is C11H17NO3S. The maximum atomic E-state index is 5.37. The quantitative estimate of drug-likeness (QED) is 0.610. The van der Waals surface area contributed by atoms with E-state index in [1.807, 2.05) is 18.4 Å². The van der Waals surface area contributed by atoms with Gasteiger partial charge in [0.1, 0.15) is 0 Å². The number of methoxy groups -OCH3 is 2. The molecule has 0 saturated carbocycles. The molecule has 0 radical (unpaired) electrons. The number of hydrogen-bond donors (Lipinski definition) is 1. The number of hydrogen-bond acceptors (Lipinski definition) is 5. The van der Waals surface area contributed by atoms with E-state index < -0.39 is 0 Å². The molecule has 0 aliphatic carbocycles. The Morgan fingerprint density at radius 1 is 1.19 bits per heavy atom. The lowest BCUT2D eigenvalue weighted by atomic mass is 10.1. The Bertz CT molecular complexity index is 344. The molecule has 0 spiro atoms. The van der Waals surface area contributed by atoms with E-state index >= 15 is 0 Å². The summed E-state index contributed by atoms with van der Waals surface area (Å²) in [5.74, 6) is 6.54. The Balaban J connectivity index is 3.10. The molecule has 0 fully saturated rings. The van der Waals surface area contributed by atoms with E-state index in [4.69, 9.17) is 15.4 Å². The lowest BCUT2D eigenvalue weighted by Gasteiger charge is -2.15. The van der Waals surface area contributed by atoms with Gasteiger partial charge in [0.25, 0.3) is 0 Å². The Morgan fingerprint density at radius 2 is 1.88 bits per heavy atom. The minimum absolute atomic E-state index is 0.456. The highest BCUT2D eigenvalue weighted by Gasteiger charge is 2.14. The molecular weight excluding hydrogens is 226 g/mol. The third-order valence-electron chi connectivity index (χ3n) is 2.27. The molecule has 1 aromatic carbocycles. The minimum Gasteiger partial charge on any atom is -0.493 e. The molecule has 16 heavy (non-hydrogen) atoms. The van der Waals surface area contributed by atoms with E-state index in [2.05, 4.69) is 4.84 Å². The number of thioether (sulfide) groups is 1. The molecule has 0 heterocycles. The monoisotopic (exact) mass is 243 g/mol. The lowest BCUT2D eigenvalue weighted by Crippen LogP contribution is -2.05. The van der Waals surface area contributed by atoms with Crippen molar-refractivity contribution in [2.75, 3.05) is 27.1 Å². The molecule has 4 nitrogen and oxygen atoms in total. The molecule has 1 aromatic rings. The second kappa shape index (κ2) is 6.62. The molecule has 0 unspecified atom stereocenters. The van der Waals surface area contributed by atoms with E-state index in [1.54, 1.807) is 26.0 Å². The van der Waals surface area contributed by atoms with Crippen molar-refractivity contribution in [1.82, 2.24) is 0 Å². The molecule has 0 saturated heterocycles. The predicted molar refractivity (Wildman–Crippen MR) is 65.2 cm³/mol. The average molecular weight is 243 g/mol. The van der Waals surface area contributed by atoms with E-state index in [-0.39, 0.29) is 0 Å². The average Bonchev–Trinajstić information content (AvgIpc) is 2.34. The molecule has 2 N–H and O–H groups in total. The van der Waals surface area contributed by atoms with Gasteiger partial charge in [-0.3, -0.25) is 0 Å². The van der Waals surface area contributed by atoms with Crippen LogP contribution >= 0.6 is 11.8 Å². The summed E-state index contributed by atoms with van der Waals surface area (Å²) in [5, 5.41) is 0. The second-order valence-corrected chi connectivity index (χ2v) is 3.96. The number of nitrogens with two attached hydrogens (primary N) is 1. The van der Waals surface area contributed by atoms with Crippen molar-refractivity contribution in [1.29, 1.82) is 0 Å². The van der Waals surface area contributed by atoms with Gasteiger partial charge in [0.05, 0.1) is 25.7 Å². The smallest absolute Gasteiger partial charge is 0.174 e. The van der Waals surface area contributed by atoms with E-state index in [9.17, 15) is 0 Å². The first kappa shape index (κ1) is 13.2. The molecule has 0 amide bonds. The fourth-order valence-corrected chi connectivity index (χ4v) is 2.09. The Hall–Kier alpha value is -0.910. The van der Waals surface area contributed by atoms with Crippen LogP contribution < -0.4 is 15.4 Å². The fourth-order valence-electron chi connectivity index (χ4n) is 1.53. The van der Waals surface area contributed by atoms with Crippen LogP contribution in [0.5, 0.6) is 11.5 Å². The zero-order valence-corrected chi connectivity index (χ0v) is 10.6. The largest absolute Gasteiger partial charge is 0.493 e. The van der Waals surface area contributed by atoms with Crippen LogP contribution in [0.1, 0.15) is 5.56 Å². The van der Waals surface area contributed by atoms with Gasteiger partial charge in [0, 0.05) is 12.0 Å². The van der Waals surface area contributed by atoms with Crippen LogP contribution in [0.2, 0.25) is 0 Å². The zero-order chi connectivity index (χ0) is 12.0. The maximum absolute atomic E-state index is 5.37. The third kappa shape index (κ3) is 2.81.